The fraction of sp³-hybridized carbons (Fsp3) is 0.350. The topological polar surface area (TPSA) is 38.3 Å². The van der Waals surface area contributed by atoms with Crippen LogP contribution in [0, 0.1) is 13.8 Å². The molecule has 0 saturated carbocycles. The number of benzene rings is 2. The van der Waals surface area contributed by atoms with Crippen molar-refractivity contribution >= 4 is 17.5 Å². The van der Waals surface area contributed by atoms with Crippen molar-refractivity contribution in [1.82, 2.24) is 5.32 Å². The molecule has 4 heteroatoms. The zero-order valence-corrected chi connectivity index (χ0v) is 15.2. The van der Waals surface area contributed by atoms with Crippen LogP contribution in [0.1, 0.15) is 30.0 Å². The lowest BCUT2D eigenvalue weighted by Crippen LogP contribution is -2.37. The maximum atomic E-state index is 12.1. The highest BCUT2D eigenvalue weighted by Gasteiger charge is 2.15. The van der Waals surface area contributed by atoms with Crippen LogP contribution in [0.2, 0.25) is 5.02 Å². The Hall–Kier alpha value is -2.00. The molecule has 0 aliphatic heterocycles. The molecule has 0 bridgehead atoms. The molecule has 2 aromatic carbocycles. The van der Waals surface area contributed by atoms with E-state index in [4.69, 9.17) is 16.3 Å². The monoisotopic (exact) mass is 345 g/mol. The van der Waals surface area contributed by atoms with E-state index in [0.717, 1.165) is 34.7 Å². The standard InChI is InChI=1S/C20H24ClNO2/c1-14-10-11-19(15(2)13-14)24-16(3)20(23)22-12-6-8-17-7-4-5-9-18(17)21/h4-5,7,9-11,13,16H,6,8,12H2,1-3H3,(H,22,23)/t16-/m1/s1. The van der Waals surface area contributed by atoms with Crippen LogP contribution in [0.25, 0.3) is 0 Å². The van der Waals surface area contributed by atoms with Crippen molar-refractivity contribution in [3.63, 3.8) is 0 Å². The Kier molecular flexibility index (Phi) is 6.68. The van der Waals surface area contributed by atoms with Crippen molar-refractivity contribution in [2.45, 2.75) is 39.7 Å². The average molecular weight is 346 g/mol. The summed E-state index contributed by atoms with van der Waals surface area (Å²) in [5, 5.41) is 3.69. The van der Waals surface area contributed by atoms with Gasteiger partial charge in [0.1, 0.15) is 5.75 Å². The number of nitrogens with one attached hydrogen (secondary N) is 1. The Labute approximate surface area is 149 Å². The zero-order chi connectivity index (χ0) is 17.5. The smallest absolute Gasteiger partial charge is 0.260 e. The quantitative estimate of drug-likeness (QED) is 0.752. The summed E-state index contributed by atoms with van der Waals surface area (Å²) >= 11 is 6.12. The van der Waals surface area contributed by atoms with Gasteiger partial charge in [0.2, 0.25) is 0 Å². The van der Waals surface area contributed by atoms with Crippen molar-refractivity contribution in [2.75, 3.05) is 6.54 Å². The first-order valence-electron chi connectivity index (χ1n) is 8.22. The molecule has 1 atom stereocenters. The fourth-order valence-electron chi connectivity index (χ4n) is 2.51. The second kappa shape index (κ2) is 8.74. The summed E-state index contributed by atoms with van der Waals surface area (Å²) in [7, 11) is 0. The predicted molar refractivity (Wildman–Crippen MR) is 98.8 cm³/mol. The first-order valence-corrected chi connectivity index (χ1v) is 8.60. The fourth-order valence-corrected chi connectivity index (χ4v) is 2.74. The number of rotatable bonds is 7. The zero-order valence-electron chi connectivity index (χ0n) is 14.4. The number of halogens is 1. The van der Waals surface area contributed by atoms with Crippen molar-refractivity contribution in [2.24, 2.45) is 0 Å². The van der Waals surface area contributed by atoms with Gasteiger partial charge in [-0.2, -0.15) is 0 Å². The largest absolute Gasteiger partial charge is 0.481 e. The molecule has 2 rings (SSSR count). The lowest BCUT2D eigenvalue weighted by Gasteiger charge is -2.16. The molecule has 1 amide bonds. The van der Waals surface area contributed by atoms with Crippen molar-refractivity contribution < 1.29 is 9.53 Å². The molecule has 1 N–H and O–H groups in total. The van der Waals surface area contributed by atoms with Crippen LogP contribution in [0.15, 0.2) is 42.5 Å². The molecule has 0 fully saturated rings. The van der Waals surface area contributed by atoms with Gasteiger partial charge in [-0.3, -0.25) is 4.79 Å². The minimum absolute atomic E-state index is 0.103. The molecule has 24 heavy (non-hydrogen) atoms. The normalized spacial score (nSPS) is 11.8. The summed E-state index contributed by atoms with van der Waals surface area (Å²) < 4.78 is 5.76. The number of amides is 1. The molecular formula is C20H24ClNO2. The minimum Gasteiger partial charge on any atom is -0.481 e. The number of hydrogen-bond donors (Lipinski definition) is 1. The van der Waals surface area contributed by atoms with E-state index in [0.29, 0.717) is 6.54 Å². The first-order chi connectivity index (χ1) is 11.5. The van der Waals surface area contributed by atoms with Crippen LogP contribution in [0.5, 0.6) is 5.75 Å². The van der Waals surface area contributed by atoms with Gasteiger partial charge in [-0.25, -0.2) is 0 Å². The highest BCUT2D eigenvalue weighted by atomic mass is 35.5. The summed E-state index contributed by atoms with van der Waals surface area (Å²) in [4.78, 5) is 12.1. The maximum Gasteiger partial charge on any atom is 0.260 e. The third-order valence-electron chi connectivity index (χ3n) is 3.88. The third kappa shape index (κ3) is 5.27. The van der Waals surface area contributed by atoms with Crippen molar-refractivity contribution in [3.8, 4) is 5.75 Å². The van der Waals surface area contributed by atoms with Crippen LogP contribution >= 0.6 is 11.6 Å². The van der Waals surface area contributed by atoms with Crippen LogP contribution < -0.4 is 10.1 Å². The lowest BCUT2D eigenvalue weighted by molar-refractivity contribution is -0.127. The van der Waals surface area contributed by atoms with Gasteiger partial charge in [0, 0.05) is 11.6 Å². The van der Waals surface area contributed by atoms with Gasteiger partial charge in [-0.05, 0) is 56.9 Å². The first kappa shape index (κ1) is 18.3. The van der Waals surface area contributed by atoms with Gasteiger partial charge in [0.15, 0.2) is 6.10 Å². The van der Waals surface area contributed by atoms with Crippen LogP contribution in [0.4, 0.5) is 0 Å². The molecule has 2 aromatic rings. The molecular weight excluding hydrogens is 322 g/mol. The number of aryl methyl sites for hydroxylation is 3. The summed E-state index contributed by atoms with van der Waals surface area (Å²) in [6.45, 7) is 6.38. The second-order valence-electron chi connectivity index (χ2n) is 6.02. The van der Waals surface area contributed by atoms with E-state index in [-0.39, 0.29) is 5.91 Å². The highest BCUT2D eigenvalue weighted by Crippen LogP contribution is 2.20. The number of carbonyl (C=O) groups excluding carboxylic acids is 1. The molecule has 0 aliphatic carbocycles. The molecule has 0 unspecified atom stereocenters. The van der Waals surface area contributed by atoms with E-state index in [2.05, 4.69) is 5.32 Å². The summed E-state index contributed by atoms with van der Waals surface area (Å²) in [6.07, 6.45) is 1.16. The van der Waals surface area contributed by atoms with E-state index in [1.807, 2.05) is 56.3 Å². The molecule has 0 aromatic heterocycles. The van der Waals surface area contributed by atoms with Crippen LogP contribution in [-0.2, 0) is 11.2 Å². The maximum absolute atomic E-state index is 12.1. The summed E-state index contributed by atoms with van der Waals surface area (Å²) in [5.41, 5.74) is 3.32. The number of ether oxygens (including phenoxy) is 1. The van der Waals surface area contributed by atoms with E-state index in [9.17, 15) is 4.79 Å². The summed E-state index contributed by atoms with van der Waals surface area (Å²) in [6, 6.07) is 13.7. The Bertz CT molecular complexity index is 700. The van der Waals surface area contributed by atoms with Crippen LogP contribution in [0.3, 0.4) is 0 Å². The second-order valence-corrected chi connectivity index (χ2v) is 6.42. The molecule has 0 heterocycles. The van der Waals surface area contributed by atoms with Crippen molar-refractivity contribution in [3.05, 3.63) is 64.2 Å². The van der Waals surface area contributed by atoms with Gasteiger partial charge in [0.05, 0.1) is 0 Å². The summed E-state index contributed by atoms with van der Waals surface area (Å²) in [5.74, 6) is 0.647. The van der Waals surface area contributed by atoms with Gasteiger partial charge < -0.3 is 10.1 Å². The third-order valence-corrected chi connectivity index (χ3v) is 4.25. The van der Waals surface area contributed by atoms with Gasteiger partial charge in [0.25, 0.3) is 5.91 Å². The highest BCUT2D eigenvalue weighted by molar-refractivity contribution is 6.31. The Morgan fingerprint density at radius 1 is 1.21 bits per heavy atom. The molecule has 0 saturated heterocycles. The van der Waals surface area contributed by atoms with Gasteiger partial charge >= 0.3 is 0 Å². The Morgan fingerprint density at radius 2 is 1.96 bits per heavy atom. The SMILES string of the molecule is Cc1ccc(O[C@H](C)C(=O)NCCCc2ccccc2Cl)c(C)c1. The van der Waals surface area contributed by atoms with Gasteiger partial charge in [-0.1, -0.05) is 47.5 Å². The Morgan fingerprint density at radius 3 is 2.67 bits per heavy atom. The van der Waals surface area contributed by atoms with E-state index >= 15 is 0 Å². The van der Waals surface area contributed by atoms with E-state index in [1.165, 1.54) is 5.56 Å². The van der Waals surface area contributed by atoms with Crippen LogP contribution in [-0.4, -0.2) is 18.6 Å². The average Bonchev–Trinajstić information content (AvgIpc) is 2.55. The van der Waals surface area contributed by atoms with Gasteiger partial charge in [-0.15, -0.1) is 0 Å². The number of hydrogen-bond acceptors (Lipinski definition) is 2. The van der Waals surface area contributed by atoms with E-state index in [1.54, 1.807) is 6.92 Å². The minimum atomic E-state index is -0.522. The molecule has 0 radical (unpaired) electrons. The molecule has 128 valence electrons. The molecule has 3 nitrogen and oxygen atoms in total. The van der Waals surface area contributed by atoms with Crippen molar-refractivity contribution in [1.29, 1.82) is 0 Å². The predicted octanol–water partition coefficient (Wildman–Crippen LogP) is 4.47. The Balaban J connectivity index is 1.76. The lowest BCUT2D eigenvalue weighted by atomic mass is 10.1. The molecule has 0 aliphatic rings. The van der Waals surface area contributed by atoms with E-state index < -0.39 is 6.10 Å². The molecule has 0 spiro atoms. The number of carbonyl (C=O) groups is 1.